The summed E-state index contributed by atoms with van der Waals surface area (Å²) < 4.78 is 0. The standard InChI is InChI=1S/C17H27N3O2/c1-3-5-13(6-4-2)17(22)20-15-9-7-14(8-10-15)19-16(21)11-12-18/h3-6,14-15H,1,7-12,18H2,2H3,(H,19,21)(H,20,22)/b6-4-,13-5+/t14-,15-. The van der Waals surface area contributed by atoms with Gasteiger partial charge in [-0.1, -0.05) is 30.9 Å². The van der Waals surface area contributed by atoms with Crippen molar-refractivity contribution in [3.8, 4) is 0 Å². The first-order valence-corrected chi connectivity index (χ1v) is 7.86. The number of carbonyl (C=O) groups excluding carboxylic acids is 2. The van der Waals surface area contributed by atoms with Gasteiger partial charge in [-0.15, -0.1) is 0 Å². The third-order valence-corrected chi connectivity index (χ3v) is 3.70. The third kappa shape index (κ3) is 6.26. The second-order valence-electron chi connectivity index (χ2n) is 5.49. The molecule has 22 heavy (non-hydrogen) atoms. The molecule has 1 aliphatic carbocycles. The molecular weight excluding hydrogens is 278 g/mol. The molecule has 5 nitrogen and oxygen atoms in total. The van der Waals surface area contributed by atoms with E-state index in [1.807, 2.05) is 13.0 Å². The van der Waals surface area contributed by atoms with E-state index in [0.717, 1.165) is 25.7 Å². The maximum atomic E-state index is 12.2. The molecule has 1 saturated carbocycles. The molecule has 0 unspecified atom stereocenters. The molecule has 0 atom stereocenters. The quantitative estimate of drug-likeness (QED) is 0.493. The Morgan fingerprint density at radius 3 is 2.27 bits per heavy atom. The number of amides is 2. The molecule has 1 fully saturated rings. The van der Waals surface area contributed by atoms with Gasteiger partial charge in [0.25, 0.3) is 5.91 Å². The van der Waals surface area contributed by atoms with Crippen LogP contribution in [0.1, 0.15) is 39.0 Å². The van der Waals surface area contributed by atoms with Crippen LogP contribution in [-0.4, -0.2) is 30.4 Å². The summed E-state index contributed by atoms with van der Waals surface area (Å²) in [5, 5.41) is 6.04. The molecule has 0 radical (unpaired) electrons. The zero-order chi connectivity index (χ0) is 16.4. The number of hydrogen-bond donors (Lipinski definition) is 3. The fourth-order valence-electron chi connectivity index (χ4n) is 2.60. The maximum absolute atomic E-state index is 12.2. The lowest BCUT2D eigenvalue weighted by atomic mass is 9.91. The van der Waals surface area contributed by atoms with Gasteiger partial charge in [0.1, 0.15) is 0 Å². The summed E-state index contributed by atoms with van der Waals surface area (Å²) in [6.45, 7) is 5.88. The highest BCUT2D eigenvalue weighted by molar-refractivity contribution is 5.96. The minimum absolute atomic E-state index is 0.0132. The second-order valence-corrected chi connectivity index (χ2v) is 5.49. The summed E-state index contributed by atoms with van der Waals surface area (Å²) in [6.07, 6.45) is 10.8. The maximum Gasteiger partial charge on any atom is 0.251 e. The zero-order valence-electron chi connectivity index (χ0n) is 13.3. The first-order chi connectivity index (χ1) is 10.6. The van der Waals surface area contributed by atoms with Gasteiger partial charge < -0.3 is 16.4 Å². The van der Waals surface area contributed by atoms with Crippen molar-refractivity contribution in [2.24, 2.45) is 5.73 Å². The molecule has 0 aromatic rings. The number of allylic oxidation sites excluding steroid dienone is 3. The van der Waals surface area contributed by atoms with Gasteiger partial charge in [0.2, 0.25) is 5.91 Å². The van der Waals surface area contributed by atoms with Gasteiger partial charge in [-0.25, -0.2) is 0 Å². The fourth-order valence-corrected chi connectivity index (χ4v) is 2.60. The highest BCUT2D eigenvalue weighted by atomic mass is 16.2. The van der Waals surface area contributed by atoms with E-state index >= 15 is 0 Å². The van der Waals surface area contributed by atoms with Crippen LogP contribution >= 0.6 is 0 Å². The summed E-state index contributed by atoms with van der Waals surface area (Å²) >= 11 is 0. The molecule has 0 aliphatic heterocycles. The van der Waals surface area contributed by atoms with Crippen LogP contribution in [0.3, 0.4) is 0 Å². The minimum atomic E-state index is -0.0754. The number of hydrogen-bond acceptors (Lipinski definition) is 3. The monoisotopic (exact) mass is 305 g/mol. The van der Waals surface area contributed by atoms with Crippen molar-refractivity contribution in [1.82, 2.24) is 10.6 Å². The van der Waals surface area contributed by atoms with Crippen LogP contribution in [-0.2, 0) is 9.59 Å². The van der Waals surface area contributed by atoms with E-state index in [-0.39, 0.29) is 23.9 Å². The largest absolute Gasteiger partial charge is 0.353 e. The Kier molecular flexibility index (Phi) is 8.22. The van der Waals surface area contributed by atoms with Crippen molar-refractivity contribution in [2.45, 2.75) is 51.1 Å². The van der Waals surface area contributed by atoms with E-state index in [4.69, 9.17) is 5.73 Å². The average Bonchev–Trinajstić information content (AvgIpc) is 2.49. The number of nitrogens with two attached hydrogens (primary N) is 1. The van der Waals surface area contributed by atoms with E-state index in [9.17, 15) is 9.59 Å². The summed E-state index contributed by atoms with van der Waals surface area (Å²) in [6, 6.07) is 0.361. The van der Waals surface area contributed by atoms with Crippen LogP contribution in [0.4, 0.5) is 0 Å². The second kappa shape index (κ2) is 9.95. The Balaban J connectivity index is 2.42. The molecule has 2 amide bonds. The van der Waals surface area contributed by atoms with Gasteiger partial charge in [-0.3, -0.25) is 9.59 Å². The van der Waals surface area contributed by atoms with Gasteiger partial charge in [-0.05, 0) is 32.6 Å². The third-order valence-electron chi connectivity index (χ3n) is 3.70. The highest BCUT2D eigenvalue weighted by Gasteiger charge is 2.23. The SMILES string of the molecule is C=C/C=C(\C=C/C)C(=O)N[C@H]1CC[C@H](NC(=O)CCN)CC1. The predicted molar refractivity (Wildman–Crippen MR) is 89.1 cm³/mol. The molecule has 0 saturated heterocycles. The average molecular weight is 305 g/mol. The van der Waals surface area contributed by atoms with Gasteiger partial charge in [0, 0.05) is 30.6 Å². The molecular formula is C17H27N3O2. The Bertz CT molecular complexity index is 447. The van der Waals surface area contributed by atoms with E-state index in [2.05, 4.69) is 17.2 Å². The molecule has 1 rings (SSSR count). The van der Waals surface area contributed by atoms with Crippen LogP contribution in [0.5, 0.6) is 0 Å². The summed E-state index contributed by atoms with van der Waals surface area (Å²) in [5.74, 6) is -0.0621. The number of rotatable bonds is 7. The lowest BCUT2D eigenvalue weighted by Crippen LogP contribution is -2.44. The smallest absolute Gasteiger partial charge is 0.251 e. The van der Waals surface area contributed by atoms with Crippen molar-refractivity contribution < 1.29 is 9.59 Å². The molecule has 1 aliphatic rings. The van der Waals surface area contributed by atoms with Crippen molar-refractivity contribution in [1.29, 1.82) is 0 Å². The van der Waals surface area contributed by atoms with Crippen molar-refractivity contribution >= 4 is 11.8 Å². The zero-order valence-corrected chi connectivity index (χ0v) is 13.3. The molecule has 0 heterocycles. The highest BCUT2D eigenvalue weighted by Crippen LogP contribution is 2.19. The number of carbonyl (C=O) groups is 2. The van der Waals surface area contributed by atoms with E-state index in [1.165, 1.54) is 0 Å². The van der Waals surface area contributed by atoms with Gasteiger partial charge in [0.05, 0.1) is 0 Å². The minimum Gasteiger partial charge on any atom is -0.353 e. The van der Waals surface area contributed by atoms with E-state index < -0.39 is 0 Å². The first kappa shape index (κ1) is 18.2. The molecule has 0 bridgehead atoms. The van der Waals surface area contributed by atoms with Crippen LogP contribution in [0, 0.1) is 0 Å². The van der Waals surface area contributed by atoms with Gasteiger partial charge in [0.15, 0.2) is 0 Å². The summed E-state index contributed by atoms with van der Waals surface area (Å²) in [4.78, 5) is 23.7. The van der Waals surface area contributed by atoms with Crippen LogP contribution < -0.4 is 16.4 Å². The van der Waals surface area contributed by atoms with Crippen LogP contribution in [0.15, 0.2) is 36.5 Å². The van der Waals surface area contributed by atoms with Crippen LogP contribution in [0.25, 0.3) is 0 Å². The Morgan fingerprint density at radius 2 is 1.77 bits per heavy atom. The molecule has 4 N–H and O–H groups in total. The predicted octanol–water partition coefficient (Wildman–Crippen LogP) is 1.57. The Hall–Kier alpha value is -1.88. The molecule has 0 spiro atoms. The Morgan fingerprint density at radius 1 is 1.18 bits per heavy atom. The molecule has 0 aromatic heterocycles. The van der Waals surface area contributed by atoms with Crippen molar-refractivity contribution in [2.75, 3.05) is 6.54 Å². The molecule has 5 heteroatoms. The van der Waals surface area contributed by atoms with Crippen LogP contribution in [0.2, 0.25) is 0 Å². The molecule has 122 valence electrons. The fraction of sp³-hybridized carbons (Fsp3) is 0.529. The topological polar surface area (TPSA) is 84.2 Å². The molecule has 0 aromatic carbocycles. The lowest BCUT2D eigenvalue weighted by molar-refractivity contribution is -0.122. The van der Waals surface area contributed by atoms with Gasteiger partial charge >= 0.3 is 0 Å². The van der Waals surface area contributed by atoms with Gasteiger partial charge in [-0.2, -0.15) is 0 Å². The summed E-state index contributed by atoms with van der Waals surface area (Å²) in [5.41, 5.74) is 5.97. The first-order valence-electron chi connectivity index (χ1n) is 7.86. The number of nitrogens with one attached hydrogen (secondary N) is 2. The van der Waals surface area contributed by atoms with Crippen molar-refractivity contribution in [3.05, 3.63) is 36.5 Å². The Labute approximate surface area is 132 Å². The van der Waals surface area contributed by atoms with E-state index in [0.29, 0.717) is 18.5 Å². The van der Waals surface area contributed by atoms with Crippen molar-refractivity contribution in [3.63, 3.8) is 0 Å². The van der Waals surface area contributed by atoms with E-state index in [1.54, 1.807) is 18.2 Å². The lowest BCUT2D eigenvalue weighted by Gasteiger charge is -2.29. The summed E-state index contributed by atoms with van der Waals surface area (Å²) in [7, 11) is 0. The normalized spacial score (nSPS) is 22.4.